The molecule has 0 bridgehead atoms. The van der Waals surface area contributed by atoms with E-state index in [1.807, 2.05) is 0 Å². The molecule has 6 atom stereocenters. The smallest absolute Gasteiger partial charge is 0.342 e. The Morgan fingerprint density at radius 1 is 1.07 bits per heavy atom. The molecule has 5 N–H and O–H groups in total. The highest BCUT2D eigenvalue weighted by atomic mass is 31.2. The van der Waals surface area contributed by atoms with Gasteiger partial charge in [-0.2, -0.15) is 4.39 Å². The normalized spacial score (nSPS) is 25.8. The number of rotatable bonds is 13. The monoisotopic (exact) mass is 618 g/mol. The third kappa shape index (κ3) is 8.24. The molecule has 0 saturated carbocycles. The predicted octanol–water partition coefficient (Wildman–Crippen LogP) is -0.0857. The number of H-pyrrole nitrogens is 1. The molecule has 15 nitrogen and oxygen atoms in total. The van der Waals surface area contributed by atoms with Gasteiger partial charge in [0.05, 0.1) is 25.0 Å². The van der Waals surface area contributed by atoms with Crippen molar-refractivity contribution in [2.45, 2.75) is 96.3 Å². The van der Waals surface area contributed by atoms with Gasteiger partial charge in [-0.1, -0.05) is 0 Å². The molecule has 1 saturated heterocycles. The molecule has 234 valence electrons. The average Bonchev–Trinajstić information content (AvgIpc) is 3.10. The Hall–Kier alpha value is -2.60. The molecule has 1 aliphatic heterocycles. The van der Waals surface area contributed by atoms with E-state index in [1.54, 1.807) is 4.98 Å². The number of aliphatic hydroxyl groups is 2. The molecule has 41 heavy (non-hydrogen) atoms. The van der Waals surface area contributed by atoms with Gasteiger partial charge in [-0.05, 0) is 41.5 Å². The SMILES string of the molecule is CC(C)OC(=O)C(C)NP(=O)(NC(C)C(=O)OC(C)C)OCC1(C(F)F)OC(n2cc(F)c(=O)[nH]c2=O)C(O)C1O. The molecular weight excluding hydrogens is 584 g/mol. The van der Waals surface area contributed by atoms with Gasteiger partial charge in [-0.3, -0.25) is 28.5 Å². The van der Waals surface area contributed by atoms with E-state index in [2.05, 4.69) is 10.2 Å². The van der Waals surface area contributed by atoms with Crippen molar-refractivity contribution >= 4 is 19.6 Å². The summed E-state index contributed by atoms with van der Waals surface area (Å²) < 4.78 is 77.1. The zero-order chi connectivity index (χ0) is 31.4. The van der Waals surface area contributed by atoms with E-state index in [9.17, 15) is 47.1 Å². The van der Waals surface area contributed by atoms with Gasteiger partial charge < -0.3 is 28.9 Å². The van der Waals surface area contributed by atoms with Crippen molar-refractivity contribution in [2.24, 2.45) is 0 Å². The van der Waals surface area contributed by atoms with E-state index in [0.717, 1.165) is 0 Å². The van der Waals surface area contributed by atoms with Crippen molar-refractivity contribution in [1.29, 1.82) is 0 Å². The third-order valence-corrected chi connectivity index (χ3v) is 7.58. The lowest BCUT2D eigenvalue weighted by molar-refractivity contribution is -0.192. The number of carbonyl (C=O) groups is 2. The number of esters is 2. The van der Waals surface area contributed by atoms with Gasteiger partial charge in [-0.25, -0.2) is 23.7 Å². The summed E-state index contributed by atoms with van der Waals surface area (Å²) in [5.41, 5.74) is -5.97. The van der Waals surface area contributed by atoms with E-state index in [-0.39, 0.29) is 10.8 Å². The first-order valence-electron chi connectivity index (χ1n) is 12.4. The largest absolute Gasteiger partial charge is 0.462 e. The standard InChI is InChI=1S/C22H34F3N4O11P/c1-9(2)38-18(33)11(5)27-41(36,28-12(6)19(34)39-10(3)4)37-8-22(20(24)25)15(31)14(30)17(40-22)29-7-13(23)16(32)26-21(29)35/h7,9-12,14-15,17,20,30-31H,8H2,1-6H3,(H,26,32,35)(H2,27,28,36). The lowest BCUT2D eigenvalue weighted by atomic mass is 9.96. The maximum Gasteiger partial charge on any atom is 0.342 e. The lowest BCUT2D eigenvalue weighted by Crippen LogP contribution is -2.53. The molecular formula is C22H34F3N4O11P. The highest BCUT2D eigenvalue weighted by Crippen LogP contribution is 2.46. The van der Waals surface area contributed by atoms with Crippen LogP contribution in [0.15, 0.2) is 15.8 Å². The van der Waals surface area contributed by atoms with Crippen LogP contribution in [-0.2, 0) is 32.9 Å². The molecule has 2 heterocycles. The summed E-state index contributed by atoms with van der Waals surface area (Å²) in [6, 6.07) is -2.77. The maximum atomic E-state index is 14.4. The van der Waals surface area contributed by atoms with Crippen LogP contribution < -0.4 is 21.4 Å². The summed E-state index contributed by atoms with van der Waals surface area (Å²) in [4.78, 5) is 49.7. The molecule has 6 unspecified atom stereocenters. The minimum atomic E-state index is -4.71. The zero-order valence-electron chi connectivity index (χ0n) is 23.0. The Balaban J connectivity index is 2.42. The summed E-state index contributed by atoms with van der Waals surface area (Å²) in [6.07, 6.45) is -11.5. The Morgan fingerprint density at radius 2 is 1.56 bits per heavy atom. The first-order chi connectivity index (χ1) is 18.8. The molecule has 0 aromatic carbocycles. The number of alkyl halides is 2. The molecule has 19 heteroatoms. The van der Waals surface area contributed by atoms with Crippen molar-refractivity contribution in [3.63, 3.8) is 0 Å². The van der Waals surface area contributed by atoms with Gasteiger partial charge in [0.25, 0.3) is 12.0 Å². The number of carbonyl (C=O) groups excluding carboxylic acids is 2. The summed E-state index contributed by atoms with van der Waals surface area (Å²) >= 11 is 0. The molecule has 1 aromatic rings. The molecule has 0 amide bonds. The van der Waals surface area contributed by atoms with Crippen molar-refractivity contribution in [3.05, 3.63) is 32.9 Å². The Kier molecular flexibility index (Phi) is 11.5. The number of hydrogen-bond acceptors (Lipinski definition) is 11. The number of nitrogens with one attached hydrogen (secondary N) is 3. The van der Waals surface area contributed by atoms with Crippen LogP contribution in [0.3, 0.4) is 0 Å². The van der Waals surface area contributed by atoms with Crippen LogP contribution >= 0.6 is 7.67 Å². The van der Waals surface area contributed by atoms with Gasteiger partial charge in [0.2, 0.25) is 5.82 Å². The fraction of sp³-hybridized carbons (Fsp3) is 0.727. The second kappa shape index (κ2) is 13.6. The quantitative estimate of drug-likeness (QED) is 0.145. The highest BCUT2D eigenvalue weighted by Gasteiger charge is 2.61. The van der Waals surface area contributed by atoms with E-state index >= 15 is 0 Å². The summed E-state index contributed by atoms with van der Waals surface area (Å²) in [5, 5.41) is 25.5. The molecule has 1 aromatic heterocycles. The number of aromatic amines is 1. The van der Waals surface area contributed by atoms with E-state index in [0.29, 0.717) is 0 Å². The Labute approximate surface area is 231 Å². The van der Waals surface area contributed by atoms with E-state index in [4.69, 9.17) is 18.7 Å². The van der Waals surface area contributed by atoms with Crippen molar-refractivity contribution in [1.82, 2.24) is 19.7 Å². The maximum absolute atomic E-state index is 14.4. The lowest BCUT2D eigenvalue weighted by Gasteiger charge is -2.33. The van der Waals surface area contributed by atoms with Crippen molar-refractivity contribution < 1.29 is 56.3 Å². The number of halogens is 3. The van der Waals surface area contributed by atoms with Gasteiger partial charge in [-0.15, -0.1) is 0 Å². The van der Waals surface area contributed by atoms with Gasteiger partial charge in [0.15, 0.2) is 11.8 Å². The Morgan fingerprint density at radius 3 is 2.00 bits per heavy atom. The summed E-state index contributed by atoms with van der Waals surface area (Å²) in [7, 11) is -4.71. The highest BCUT2D eigenvalue weighted by molar-refractivity contribution is 7.54. The fourth-order valence-electron chi connectivity index (χ4n) is 3.63. The summed E-state index contributed by atoms with van der Waals surface area (Å²) in [5.74, 6) is -3.36. The second-order valence-electron chi connectivity index (χ2n) is 9.84. The number of aliphatic hydroxyl groups excluding tert-OH is 2. The minimum Gasteiger partial charge on any atom is -0.462 e. The first kappa shape index (κ1) is 34.6. The van der Waals surface area contributed by atoms with Crippen LogP contribution in [0.2, 0.25) is 0 Å². The molecule has 2 rings (SSSR count). The number of nitrogens with zero attached hydrogens (tertiary/aromatic N) is 1. The van der Waals surface area contributed by atoms with Gasteiger partial charge in [0.1, 0.15) is 24.3 Å². The number of aromatic nitrogens is 2. The first-order valence-corrected chi connectivity index (χ1v) is 14.0. The number of hydrogen-bond donors (Lipinski definition) is 5. The van der Waals surface area contributed by atoms with Crippen LogP contribution in [0, 0.1) is 5.82 Å². The van der Waals surface area contributed by atoms with Crippen LogP contribution in [0.4, 0.5) is 13.2 Å². The minimum absolute atomic E-state index is 0.235. The van der Waals surface area contributed by atoms with Crippen molar-refractivity contribution in [2.75, 3.05) is 6.61 Å². The van der Waals surface area contributed by atoms with E-state index < -0.39 is 98.0 Å². The molecule has 0 spiro atoms. The Bertz CT molecular complexity index is 1230. The fourth-order valence-corrected chi connectivity index (χ4v) is 5.47. The van der Waals surface area contributed by atoms with Crippen LogP contribution in [-0.4, -0.2) is 86.8 Å². The predicted molar refractivity (Wildman–Crippen MR) is 133 cm³/mol. The molecule has 1 aliphatic rings. The molecule has 0 radical (unpaired) electrons. The summed E-state index contributed by atoms with van der Waals surface area (Å²) in [6.45, 7) is 7.10. The van der Waals surface area contributed by atoms with Crippen molar-refractivity contribution in [3.8, 4) is 0 Å². The molecule has 0 aliphatic carbocycles. The average molecular weight is 618 g/mol. The van der Waals surface area contributed by atoms with Crippen LogP contribution in [0.1, 0.15) is 47.8 Å². The molecule has 1 fully saturated rings. The van der Waals surface area contributed by atoms with Gasteiger partial charge >= 0.3 is 25.3 Å². The van der Waals surface area contributed by atoms with Gasteiger partial charge in [0, 0.05) is 0 Å². The zero-order valence-corrected chi connectivity index (χ0v) is 23.9. The number of ether oxygens (including phenoxy) is 3. The second-order valence-corrected chi connectivity index (χ2v) is 11.7. The van der Waals surface area contributed by atoms with Crippen LogP contribution in [0.25, 0.3) is 0 Å². The van der Waals surface area contributed by atoms with Crippen LogP contribution in [0.5, 0.6) is 0 Å². The van der Waals surface area contributed by atoms with E-state index in [1.165, 1.54) is 41.5 Å². The topological polar surface area (TPSA) is 208 Å². The third-order valence-electron chi connectivity index (χ3n) is 5.63.